The summed E-state index contributed by atoms with van der Waals surface area (Å²) in [6, 6.07) is 45.9. The van der Waals surface area contributed by atoms with Gasteiger partial charge in [0, 0.05) is 134 Å². The second-order valence-corrected chi connectivity index (χ2v) is 41.5. The van der Waals surface area contributed by atoms with Gasteiger partial charge in [0.05, 0.1) is 34.2 Å². The number of carbonyl (C=O) groups is 4. The van der Waals surface area contributed by atoms with Gasteiger partial charge in [-0.1, -0.05) is 118 Å². The number of aromatic nitrogens is 7. The van der Waals surface area contributed by atoms with Crippen LogP contribution in [0.3, 0.4) is 0 Å². The molecule has 10 unspecified atom stereocenters. The van der Waals surface area contributed by atoms with Crippen molar-refractivity contribution < 1.29 is 36.7 Å². The first-order valence-electron chi connectivity index (χ1n) is 45.6. The van der Waals surface area contributed by atoms with Gasteiger partial charge in [-0.05, 0) is 344 Å². The summed E-state index contributed by atoms with van der Waals surface area (Å²) in [5.74, 6) is 4.99. The Morgan fingerprint density at radius 1 is 0.336 bits per heavy atom. The number of pyridine rings is 7. The molecule has 0 spiro atoms. The Balaban J connectivity index is 0.000000120. The third kappa shape index (κ3) is 19.3. The van der Waals surface area contributed by atoms with Crippen LogP contribution in [0.5, 0.6) is 0 Å². The highest BCUT2D eigenvalue weighted by Gasteiger charge is 2.61. The van der Waals surface area contributed by atoms with Gasteiger partial charge in [0.2, 0.25) is 0 Å². The van der Waals surface area contributed by atoms with Crippen molar-refractivity contribution >= 4 is 113 Å². The molecule has 0 N–H and O–H groups in total. The molecule has 8 aliphatic rings. The van der Waals surface area contributed by atoms with Gasteiger partial charge in [-0.2, -0.15) is 0 Å². The summed E-state index contributed by atoms with van der Waals surface area (Å²) in [4.78, 5) is 86.5. The van der Waals surface area contributed by atoms with E-state index in [1.54, 1.807) is 85.3 Å². The summed E-state index contributed by atoms with van der Waals surface area (Å²) in [5.41, 5.74) is 12.7. The van der Waals surface area contributed by atoms with Crippen LogP contribution < -0.4 is 0 Å². The van der Waals surface area contributed by atoms with Crippen molar-refractivity contribution in [3.05, 3.63) is 289 Å². The third-order valence-electron chi connectivity index (χ3n) is 32.1. The molecule has 6 aliphatic carbocycles. The Labute approximate surface area is 767 Å². The van der Waals surface area contributed by atoms with Crippen molar-refractivity contribution in [2.75, 3.05) is 26.2 Å². The molecule has 2 aliphatic heterocycles. The van der Waals surface area contributed by atoms with Crippen molar-refractivity contribution in [1.82, 2.24) is 44.7 Å². The fourth-order valence-electron chi connectivity index (χ4n) is 24.5. The molecule has 12 aromatic rings. The SMILES string of the molecule is CC(C(=O)Cc1ccc(Cl)cc1)N1C[C@H]2CC(c3ccnc4ccc(F)cc34)C[C@H]2C1.CC(C(=O)Cc1ccc(Cl)nc1)C1C[C@]2(C)CC(c3ccnc4ccc(F)cc34)C[C@]2(C)C1.CC(C(=O)Cc1ccc(Cl)nc1)C1C[C@]2(C)CC(c3ccnc4ccc(F)cc34)C[C@]2(C)C1.CC(C(=O)Cc1ccc(Cl)nc1)N1C[C@H]2CC(c3ccnc4ccc(F)cc34)C[C@H]2C1. The molecule has 664 valence electrons. The van der Waals surface area contributed by atoms with Crippen LogP contribution in [0, 0.1) is 92.3 Å². The van der Waals surface area contributed by atoms with Gasteiger partial charge in [-0.15, -0.1) is 0 Å². The van der Waals surface area contributed by atoms with Crippen LogP contribution in [0.25, 0.3) is 43.6 Å². The van der Waals surface area contributed by atoms with Crippen molar-refractivity contribution in [2.45, 2.75) is 194 Å². The van der Waals surface area contributed by atoms with Gasteiger partial charge in [0.25, 0.3) is 0 Å². The number of hydrogen-bond donors (Lipinski definition) is 0. The highest BCUT2D eigenvalue weighted by atomic mass is 35.5. The zero-order valence-electron chi connectivity index (χ0n) is 74.0. The number of halogens is 8. The Kier molecular flexibility index (Phi) is 26.5. The number of nitrogens with zero attached hydrogens (tertiary/aromatic N) is 9. The van der Waals surface area contributed by atoms with E-state index in [9.17, 15) is 36.7 Å². The molecule has 8 fully saturated rings. The summed E-state index contributed by atoms with van der Waals surface area (Å²) in [6.45, 7) is 21.7. The zero-order chi connectivity index (χ0) is 89.8. The van der Waals surface area contributed by atoms with Crippen LogP contribution in [0.15, 0.2) is 201 Å². The molecule has 128 heavy (non-hydrogen) atoms. The minimum atomic E-state index is -0.214. The van der Waals surface area contributed by atoms with E-state index in [0.717, 1.165) is 169 Å². The third-order valence-corrected chi connectivity index (χ3v) is 33.0. The molecule has 0 radical (unpaired) electrons. The number of benzene rings is 5. The largest absolute Gasteiger partial charge is 0.299 e. The first-order valence-corrected chi connectivity index (χ1v) is 47.1. The van der Waals surface area contributed by atoms with E-state index in [4.69, 9.17) is 46.4 Å². The summed E-state index contributed by atoms with van der Waals surface area (Å²) < 4.78 is 55.7. The molecular weight excluding hydrogens is 1690 g/mol. The predicted octanol–water partition coefficient (Wildman–Crippen LogP) is 25.0. The first kappa shape index (κ1) is 90.6. The molecule has 7 aromatic heterocycles. The smallest absolute Gasteiger partial charge is 0.154 e. The van der Waals surface area contributed by atoms with E-state index in [1.165, 1.54) is 46.5 Å². The Bertz CT molecular complexity index is 5700. The molecule has 5 aromatic carbocycles. The lowest BCUT2D eigenvalue weighted by Crippen LogP contribution is -2.39. The van der Waals surface area contributed by atoms with Gasteiger partial charge in [-0.25, -0.2) is 32.5 Å². The van der Waals surface area contributed by atoms with Gasteiger partial charge in [0.1, 0.15) is 50.3 Å². The fourth-order valence-corrected chi connectivity index (χ4v) is 25.0. The van der Waals surface area contributed by atoms with Crippen LogP contribution in [0.1, 0.15) is 201 Å². The van der Waals surface area contributed by atoms with Crippen LogP contribution in [-0.2, 0) is 44.9 Å². The summed E-state index contributed by atoms with van der Waals surface area (Å²) in [7, 11) is 0. The number of hydrogen-bond acceptors (Lipinski definition) is 13. The van der Waals surface area contributed by atoms with E-state index in [2.05, 4.69) is 110 Å². The number of rotatable bonds is 20. The predicted molar refractivity (Wildman–Crippen MR) is 501 cm³/mol. The molecular formula is C107H111Cl4F4N9O4. The number of ketones is 4. The molecule has 6 saturated carbocycles. The van der Waals surface area contributed by atoms with Crippen LogP contribution >= 0.6 is 46.4 Å². The number of likely N-dealkylation sites (tertiary alicyclic amines) is 2. The number of fused-ring (bicyclic) bond motifs is 8. The standard InChI is InChI=1S/2C28H30ClFN2O.C26H26ClFN2O.C25H25ClFN3O/c2*1-17(25(33)10-18-4-7-26(29)32-16-18)19-12-27(2)14-20(15-28(27,3)13-19)22-8-9-31-24-6-5-21(30)11-23(22)24;1-16(26(31)10-17-2-4-21(27)5-3-17)30-14-19-11-18(12-20(19)15-30)23-8-9-29-25-7-6-22(28)13-24(23)25;1-15(24(31)8-16-2-5-25(26)29-12-16)30-13-18-9-17(10-19(18)14-30)21-6-7-28-23-4-3-20(27)11-22(21)23/h2*4-9,11,16-17,19-20H,10,12-15H2,1-3H3;2-9,13,16,18-20H,10-12,14-15H2,1H3;2-7,11-12,15,17-19H,8-10,13-14H2,1H3/t2*17?,19?,20?,27-,28+;16?,18?,19-,20+;15?,17?,18-,19+. The Hall–Kier alpha value is -9.33. The Morgan fingerprint density at radius 3 is 0.883 bits per heavy atom. The fraction of sp³-hybridized carbons (Fsp3) is 0.430. The summed E-state index contributed by atoms with van der Waals surface area (Å²) in [5, 5.41) is 5.77. The first-order chi connectivity index (χ1) is 61.3. The maximum Gasteiger partial charge on any atom is 0.154 e. The second kappa shape index (κ2) is 37.5. The van der Waals surface area contributed by atoms with E-state index in [1.807, 2.05) is 81.1 Å². The molecule has 13 nitrogen and oxygen atoms in total. The average Bonchev–Trinajstić information content (AvgIpc) is 1.57. The maximum atomic E-state index is 14.0. The Morgan fingerprint density at radius 2 is 0.602 bits per heavy atom. The zero-order valence-corrected chi connectivity index (χ0v) is 77.0. The summed E-state index contributed by atoms with van der Waals surface area (Å²) >= 11 is 23.5. The molecule has 20 rings (SSSR count). The molecule has 0 amide bonds. The lowest BCUT2D eigenvalue weighted by molar-refractivity contribution is -0.124. The van der Waals surface area contributed by atoms with Crippen LogP contribution in [-0.4, -0.2) is 106 Å². The van der Waals surface area contributed by atoms with Crippen LogP contribution in [0.4, 0.5) is 17.6 Å². The molecule has 18 atom stereocenters. The molecule has 21 heteroatoms. The van der Waals surface area contributed by atoms with Crippen LogP contribution in [0.2, 0.25) is 20.5 Å². The minimum absolute atomic E-state index is 0.0224. The van der Waals surface area contributed by atoms with Gasteiger partial charge in [-0.3, -0.25) is 48.9 Å². The quantitative estimate of drug-likeness (QED) is 0.0523. The average molecular weight is 1800 g/mol. The van der Waals surface area contributed by atoms with Gasteiger partial charge in [0.15, 0.2) is 11.6 Å². The van der Waals surface area contributed by atoms with E-state index in [-0.39, 0.29) is 92.0 Å². The number of Topliss-reactive ketones (excluding diaryl/α,β-unsaturated/α-hetero) is 4. The van der Waals surface area contributed by atoms with E-state index >= 15 is 0 Å². The van der Waals surface area contributed by atoms with Gasteiger partial charge >= 0.3 is 0 Å². The highest BCUT2D eigenvalue weighted by molar-refractivity contribution is 6.30. The van der Waals surface area contributed by atoms with Crippen molar-refractivity contribution in [3.63, 3.8) is 0 Å². The minimum Gasteiger partial charge on any atom is -0.299 e. The topological polar surface area (TPSA) is 165 Å². The van der Waals surface area contributed by atoms with E-state index < -0.39 is 0 Å². The normalized spacial score (nSPS) is 27.2. The van der Waals surface area contributed by atoms with Crippen molar-refractivity contribution in [3.8, 4) is 0 Å². The van der Waals surface area contributed by atoms with Crippen molar-refractivity contribution in [1.29, 1.82) is 0 Å². The lowest BCUT2D eigenvalue weighted by Gasteiger charge is -2.34. The maximum absolute atomic E-state index is 14.0. The molecule has 0 bridgehead atoms. The van der Waals surface area contributed by atoms with Gasteiger partial charge < -0.3 is 0 Å². The lowest BCUT2D eigenvalue weighted by atomic mass is 9.71. The number of carbonyl (C=O) groups excluding carboxylic acids is 4. The summed E-state index contributed by atoms with van der Waals surface area (Å²) in [6.07, 6.45) is 27.0. The van der Waals surface area contributed by atoms with Crippen molar-refractivity contribution in [2.24, 2.45) is 69.0 Å². The highest BCUT2D eigenvalue weighted by Crippen LogP contribution is 2.71. The monoisotopic (exact) mass is 1800 g/mol. The molecule has 2 saturated heterocycles. The van der Waals surface area contributed by atoms with E-state index in [0.29, 0.717) is 105 Å². The molecule has 9 heterocycles. The second-order valence-electron chi connectivity index (χ2n) is 39.9.